The average molecular weight is 343 g/mol. The Morgan fingerprint density at radius 1 is 1.21 bits per heavy atom. The number of nitriles is 1. The quantitative estimate of drug-likeness (QED) is 0.664. The highest BCUT2D eigenvalue weighted by atomic mass is 35.5. The summed E-state index contributed by atoms with van der Waals surface area (Å²) in [5.41, 5.74) is 1.28. The third-order valence-electron chi connectivity index (χ3n) is 3.54. The number of carbonyl (C=O) groups is 2. The van der Waals surface area contributed by atoms with Gasteiger partial charge in [-0.05, 0) is 42.8 Å². The summed E-state index contributed by atoms with van der Waals surface area (Å²) < 4.78 is 5.03. The predicted molar refractivity (Wildman–Crippen MR) is 91.2 cm³/mol. The molecule has 2 rings (SSSR count). The molecule has 1 atom stereocenters. The number of rotatable bonds is 5. The highest BCUT2D eigenvalue weighted by Crippen LogP contribution is 2.22. The van der Waals surface area contributed by atoms with Crippen LogP contribution in [0.25, 0.3) is 0 Å². The van der Waals surface area contributed by atoms with E-state index in [1.54, 1.807) is 55.5 Å². The number of hydrogen-bond acceptors (Lipinski definition) is 4. The van der Waals surface area contributed by atoms with Gasteiger partial charge in [-0.3, -0.25) is 9.59 Å². The first-order chi connectivity index (χ1) is 11.5. The fraction of sp³-hybridized carbons (Fsp3) is 0.167. The molecule has 24 heavy (non-hydrogen) atoms. The lowest BCUT2D eigenvalue weighted by molar-refractivity contribution is -0.117. The first-order valence-electron chi connectivity index (χ1n) is 7.11. The van der Waals surface area contributed by atoms with E-state index in [1.165, 1.54) is 7.11 Å². The van der Waals surface area contributed by atoms with Crippen molar-refractivity contribution in [3.05, 3.63) is 58.6 Å². The summed E-state index contributed by atoms with van der Waals surface area (Å²) in [7, 11) is 1.53. The van der Waals surface area contributed by atoms with Crippen molar-refractivity contribution in [2.45, 2.75) is 6.92 Å². The lowest BCUT2D eigenvalue weighted by Crippen LogP contribution is -2.29. The van der Waals surface area contributed by atoms with E-state index >= 15 is 0 Å². The molecule has 0 radical (unpaired) electrons. The molecule has 0 saturated carbocycles. The second kappa shape index (κ2) is 7.62. The number of nitrogens with one attached hydrogen (secondary N) is 1. The van der Waals surface area contributed by atoms with Crippen LogP contribution in [0.5, 0.6) is 5.75 Å². The van der Waals surface area contributed by atoms with Gasteiger partial charge >= 0.3 is 0 Å². The van der Waals surface area contributed by atoms with Crippen molar-refractivity contribution in [1.29, 1.82) is 5.26 Å². The van der Waals surface area contributed by atoms with Gasteiger partial charge in [-0.2, -0.15) is 5.26 Å². The summed E-state index contributed by atoms with van der Waals surface area (Å²) in [6, 6.07) is 13.1. The molecule has 122 valence electrons. The van der Waals surface area contributed by atoms with Gasteiger partial charge in [0, 0.05) is 16.3 Å². The highest BCUT2D eigenvalue weighted by molar-refractivity contribution is 6.32. The van der Waals surface area contributed by atoms with Crippen LogP contribution in [0, 0.1) is 24.2 Å². The van der Waals surface area contributed by atoms with Crippen LogP contribution < -0.4 is 10.1 Å². The zero-order valence-corrected chi connectivity index (χ0v) is 13.9. The second-order valence-electron chi connectivity index (χ2n) is 5.06. The molecule has 0 spiro atoms. The maximum atomic E-state index is 12.5. The molecular weight excluding hydrogens is 328 g/mol. The Labute approximate surface area is 144 Å². The number of Topliss-reactive ketones (excluding diaryl/α,β-unsaturated/α-hetero) is 1. The zero-order valence-electron chi connectivity index (χ0n) is 13.2. The van der Waals surface area contributed by atoms with Crippen molar-refractivity contribution in [3.63, 3.8) is 0 Å². The van der Waals surface area contributed by atoms with Crippen molar-refractivity contribution in [1.82, 2.24) is 0 Å². The number of ether oxygens (including phenoxy) is 1. The number of methoxy groups -OCH3 is 1. The second-order valence-corrected chi connectivity index (χ2v) is 5.46. The van der Waals surface area contributed by atoms with E-state index in [1.807, 2.05) is 0 Å². The normalized spacial score (nSPS) is 11.2. The molecule has 0 unspecified atom stereocenters. The Morgan fingerprint density at radius 3 is 2.46 bits per heavy atom. The van der Waals surface area contributed by atoms with Crippen LogP contribution in [0.4, 0.5) is 5.69 Å². The molecule has 5 nitrogen and oxygen atoms in total. The van der Waals surface area contributed by atoms with E-state index in [4.69, 9.17) is 16.3 Å². The molecule has 1 amide bonds. The van der Waals surface area contributed by atoms with Crippen LogP contribution >= 0.6 is 11.6 Å². The molecule has 0 aliphatic rings. The minimum atomic E-state index is -1.45. The maximum Gasteiger partial charge on any atom is 0.249 e. The Bertz CT molecular complexity index is 810. The van der Waals surface area contributed by atoms with Gasteiger partial charge in [-0.25, -0.2) is 0 Å². The standard InChI is InChI=1S/C18H15ClN2O3/c1-11-14(4-3-5-16(11)19)17(22)15(10-20)18(23)21-12-6-8-13(24-2)9-7-12/h3-9,15H,1-2H3,(H,21,23)/t15-/m1/s1. The molecule has 6 heteroatoms. The Morgan fingerprint density at radius 2 is 1.88 bits per heavy atom. The summed E-state index contributed by atoms with van der Waals surface area (Å²) in [4.78, 5) is 24.8. The van der Waals surface area contributed by atoms with Crippen LogP contribution in [-0.2, 0) is 4.79 Å². The number of nitrogens with zero attached hydrogens (tertiary/aromatic N) is 1. The summed E-state index contributed by atoms with van der Waals surface area (Å²) in [5, 5.41) is 12.2. The highest BCUT2D eigenvalue weighted by Gasteiger charge is 2.29. The Balaban J connectivity index is 2.20. The molecule has 1 N–H and O–H groups in total. The number of ketones is 1. The minimum Gasteiger partial charge on any atom is -0.497 e. The number of carbonyl (C=O) groups excluding carboxylic acids is 2. The number of benzene rings is 2. The molecule has 0 heterocycles. The van der Waals surface area contributed by atoms with Crippen LogP contribution in [0.2, 0.25) is 5.02 Å². The molecular formula is C18H15ClN2O3. The van der Waals surface area contributed by atoms with Gasteiger partial charge in [0.25, 0.3) is 0 Å². The van der Waals surface area contributed by atoms with Crippen LogP contribution in [0.15, 0.2) is 42.5 Å². The topological polar surface area (TPSA) is 79.2 Å². The van der Waals surface area contributed by atoms with Gasteiger partial charge in [-0.1, -0.05) is 23.7 Å². The molecule has 0 aromatic heterocycles. The fourth-order valence-electron chi connectivity index (χ4n) is 2.16. The van der Waals surface area contributed by atoms with E-state index in [9.17, 15) is 14.9 Å². The average Bonchev–Trinajstić information content (AvgIpc) is 2.58. The smallest absolute Gasteiger partial charge is 0.249 e. The van der Waals surface area contributed by atoms with Crippen molar-refractivity contribution in [3.8, 4) is 11.8 Å². The minimum absolute atomic E-state index is 0.263. The van der Waals surface area contributed by atoms with Crippen molar-refractivity contribution < 1.29 is 14.3 Å². The SMILES string of the molecule is COc1ccc(NC(=O)[C@H](C#N)C(=O)c2cccc(Cl)c2C)cc1. The molecule has 2 aromatic rings. The lowest BCUT2D eigenvalue weighted by atomic mass is 9.94. The van der Waals surface area contributed by atoms with E-state index < -0.39 is 17.6 Å². The molecule has 0 bridgehead atoms. The monoisotopic (exact) mass is 342 g/mol. The fourth-order valence-corrected chi connectivity index (χ4v) is 2.33. The number of anilines is 1. The van der Waals surface area contributed by atoms with Crippen molar-refractivity contribution >= 4 is 29.0 Å². The van der Waals surface area contributed by atoms with E-state index in [-0.39, 0.29) is 5.56 Å². The van der Waals surface area contributed by atoms with Gasteiger partial charge in [0.05, 0.1) is 13.2 Å². The summed E-state index contributed by atoms with van der Waals surface area (Å²) in [5.74, 6) is -2.09. The van der Waals surface area contributed by atoms with Gasteiger partial charge in [-0.15, -0.1) is 0 Å². The first-order valence-corrected chi connectivity index (χ1v) is 7.49. The molecule has 0 saturated heterocycles. The van der Waals surface area contributed by atoms with Gasteiger partial charge in [0.1, 0.15) is 5.75 Å². The largest absolute Gasteiger partial charge is 0.497 e. The van der Waals surface area contributed by atoms with E-state index in [0.717, 1.165) is 0 Å². The van der Waals surface area contributed by atoms with Crippen LogP contribution in [0.3, 0.4) is 0 Å². The first kappa shape index (κ1) is 17.5. The maximum absolute atomic E-state index is 12.5. The third-order valence-corrected chi connectivity index (χ3v) is 3.95. The van der Waals surface area contributed by atoms with Gasteiger partial charge < -0.3 is 10.1 Å². The summed E-state index contributed by atoms with van der Waals surface area (Å²) in [6.07, 6.45) is 0. The van der Waals surface area contributed by atoms with Crippen molar-refractivity contribution in [2.24, 2.45) is 5.92 Å². The van der Waals surface area contributed by atoms with Crippen LogP contribution in [0.1, 0.15) is 15.9 Å². The molecule has 0 aliphatic heterocycles. The Hall–Kier alpha value is -2.84. The summed E-state index contributed by atoms with van der Waals surface area (Å²) in [6.45, 7) is 1.67. The van der Waals surface area contributed by atoms with Gasteiger partial charge in [0.2, 0.25) is 5.91 Å². The zero-order chi connectivity index (χ0) is 17.7. The Kier molecular flexibility index (Phi) is 5.56. The van der Waals surface area contributed by atoms with Crippen LogP contribution in [-0.4, -0.2) is 18.8 Å². The number of hydrogen-bond donors (Lipinski definition) is 1. The molecule has 0 fully saturated rings. The van der Waals surface area contributed by atoms with E-state index in [0.29, 0.717) is 22.0 Å². The van der Waals surface area contributed by atoms with E-state index in [2.05, 4.69) is 5.32 Å². The number of amides is 1. The summed E-state index contributed by atoms with van der Waals surface area (Å²) >= 11 is 6.00. The predicted octanol–water partition coefficient (Wildman–Crippen LogP) is 3.62. The number of halogens is 1. The van der Waals surface area contributed by atoms with Crippen molar-refractivity contribution in [2.75, 3.05) is 12.4 Å². The van der Waals surface area contributed by atoms with Gasteiger partial charge in [0.15, 0.2) is 11.7 Å². The lowest BCUT2D eigenvalue weighted by Gasteiger charge is -2.12. The molecule has 0 aliphatic carbocycles. The third kappa shape index (κ3) is 3.73. The molecule has 2 aromatic carbocycles.